The van der Waals surface area contributed by atoms with Crippen LogP contribution in [0.3, 0.4) is 0 Å². The molecule has 0 amide bonds. The molecule has 0 saturated heterocycles. The third kappa shape index (κ3) is 5.07. The lowest BCUT2D eigenvalue weighted by atomic mass is 9.79. The number of hydrogen-bond acceptors (Lipinski definition) is 5. The highest BCUT2D eigenvalue weighted by Gasteiger charge is 2.25. The quantitative estimate of drug-likeness (QED) is 0.221. The Kier molecular flexibility index (Phi) is 6.69. The number of aromatic hydroxyl groups is 1. The van der Waals surface area contributed by atoms with Gasteiger partial charge in [0.15, 0.2) is 5.58 Å². The van der Waals surface area contributed by atoms with Crippen molar-refractivity contribution < 1.29 is 9.52 Å². The van der Waals surface area contributed by atoms with E-state index in [2.05, 4.69) is 64.7 Å². The summed E-state index contributed by atoms with van der Waals surface area (Å²) >= 11 is 0. The molecule has 0 atom stereocenters. The van der Waals surface area contributed by atoms with Crippen molar-refractivity contribution in [3.8, 4) is 28.3 Å². The molecular formula is C37H35N3O2. The lowest BCUT2D eigenvalue weighted by molar-refractivity contribution is 0.444. The first-order valence-electron chi connectivity index (χ1n) is 14.3. The van der Waals surface area contributed by atoms with Crippen molar-refractivity contribution in [3.05, 3.63) is 108 Å². The summed E-state index contributed by atoms with van der Waals surface area (Å²) in [6.07, 6.45) is 3.58. The number of aromatic nitrogens is 2. The molecule has 0 bridgehead atoms. The van der Waals surface area contributed by atoms with Gasteiger partial charge in [0.1, 0.15) is 11.3 Å². The second-order valence-corrected chi connectivity index (χ2v) is 12.8. The molecule has 0 aliphatic carbocycles. The molecule has 0 radical (unpaired) electrons. The molecule has 0 saturated carbocycles. The maximum atomic E-state index is 11.3. The van der Waals surface area contributed by atoms with Gasteiger partial charge in [-0.2, -0.15) is 0 Å². The fourth-order valence-electron chi connectivity index (χ4n) is 5.28. The van der Waals surface area contributed by atoms with Gasteiger partial charge >= 0.3 is 0 Å². The number of para-hydroxylation sites is 3. The molecule has 0 spiro atoms. The molecule has 6 rings (SSSR count). The summed E-state index contributed by atoms with van der Waals surface area (Å²) < 4.78 is 6.32. The molecule has 0 unspecified atom stereocenters. The second kappa shape index (κ2) is 10.3. The molecule has 0 aliphatic rings. The van der Waals surface area contributed by atoms with Crippen molar-refractivity contribution in [2.24, 2.45) is 4.99 Å². The van der Waals surface area contributed by atoms with Crippen LogP contribution in [0.1, 0.15) is 58.2 Å². The smallest absolute Gasteiger partial charge is 0.229 e. The number of benzene rings is 4. The Morgan fingerprint density at radius 3 is 2.29 bits per heavy atom. The third-order valence-corrected chi connectivity index (χ3v) is 7.65. The third-order valence-electron chi connectivity index (χ3n) is 7.65. The zero-order valence-corrected chi connectivity index (χ0v) is 24.9. The van der Waals surface area contributed by atoms with Gasteiger partial charge in [0, 0.05) is 34.5 Å². The molecule has 1 N–H and O–H groups in total. The number of pyridine rings is 1. The summed E-state index contributed by atoms with van der Waals surface area (Å²) in [5, 5.41) is 12.3. The zero-order chi connectivity index (χ0) is 29.6. The van der Waals surface area contributed by atoms with Crippen molar-refractivity contribution in [2.75, 3.05) is 0 Å². The average Bonchev–Trinajstić information content (AvgIpc) is 3.40. The van der Waals surface area contributed by atoms with Crippen molar-refractivity contribution in [1.29, 1.82) is 0 Å². The maximum Gasteiger partial charge on any atom is 0.229 e. The minimum atomic E-state index is -0.220. The first-order chi connectivity index (χ1) is 20.0. The SMILES string of the molecule is CC(C)(C)c1cc(C=Nc2ccccc2-c2nc3c(-c4ccnc5ccccc45)cccc3o2)c(O)c(C(C)(C)C)c1. The fourth-order valence-corrected chi connectivity index (χ4v) is 5.28. The summed E-state index contributed by atoms with van der Waals surface area (Å²) in [6.45, 7) is 12.9. The van der Waals surface area contributed by atoms with E-state index in [-0.39, 0.29) is 16.6 Å². The van der Waals surface area contributed by atoms with Crippen molar-refractivity contribution in [3.63, 3.8) is 0 Å². The Labute approximate surface area is 246 Å². The van der Waals surface area contributed by atoms with Crippen LogP contribution in [0.2, 0.25) is 0 Å². The summed E-state index contributed by atoms with van der Waals surface area (Å²) in [6, 6.07) is 28.1. The Balaban J connectivity index is 1.45. The van der Waals surface area contributed by atoms with E-state index in [9.17, 15) is 5.11 Å². The van der Waals surface area contributed by atoms with Gasteiger partial charge in [-0.25, -0.2) is 4.98 Å². The van der Waals surface area contributed by atoms with Crippen LogP contribution < -0.4 is 0 Å². The normalized spacial score (nSPS) is 12.5. The largest absolute Gasteiger partial charge is 0.507 e. The number of oxazole rings is 1. The van der Waals surface area contributed by atoms with Crippen LogP contribution in [0.5, 0.6) is 5.75 Å². The van der Waals surface area contributed by atoms with E-state index in [0.717, 1.165) is 44.2 Å². The van der Waals surface area contributed by atoms with Gasteiger partial charge in [-0.05, 0) is 58.4 Å². The van der Waals surface area contributed by atoms with E-state index < -0.39 is 0 Å². The minimum absolute atomic E-state index is 0.0791. The fraction of sp³-hybridized carbons (Fsp3) is 0.216. The maximum absolute atomic E-state index is 11.3. The minimum Gasteiger partial charge on any atom is -0.507 e. The van der Waals surface area contributed by atoms with Gasteiger partial charge in [-0.1, -0.05) is 90.1 Å². The lowest BCUT2D eigenvalue weighted by Gasteiger charge is -2.27. The van der Waals surface area contributed by atoms with Crippen LogP contribution in [0.25, 0.3) is 44.6 Å². The van der Waals surface area contributed by atoms with Gasteiger partial charge in [0.05, 0.1) is 16.8 Å². The summed E-state index contributed by atoms with van der Waals surface area (Å²) in [5.41, 5.74) is 8.38. The van der Waals surface area contributed by atoms with E-state index in [1.165, 1.54) is 0 Å². The number of hydrogen-bond donors (Lipinski definition) is 1. The molecule has 2 aromatic heterocycles. The van der Waals surface area contributed by atoms with E-state index >= 15 is 0 Å². The molecule has 6 aromatic rings. The summed E-state index contributed by atoms with van der Waals surface area (Å²) in [4.78, 5) is 14.4. The molecule has 5 nitrogen and oxygen atoms in total. The molecular weight excluding hydrogens is 518 g/mol. The number of aliphatic imine (C=N–C) groups is 1. The van der Waals surface area contributed by atoms with Crippen LogP contribution in [0, 0.1) is 0 Å². The average molecular weight is 554 g/mol. The molecule has 0 aliphatic heterocycles. The highest BCUT2D eigenvalue weighted by molar-refractivity contribution is 6.02. The number of rotatable bonds is 4. The summed E-state index contributed by atoms with van der Waals surface area (Å²) in [7, 11) is 0. The molecule has 5 heteroatoms. The summed E-state index contributed by atoms with van der Waals surface area (Å²) in [5.74, 6) is 0.749. The molecule has 4 aromatic carbocycles. The van der Waals surface area contributed by atoms with Gasteiger partial charge in [-0.15, -0.1) is 0 Å². The Morgan fingerprint density at radius 1 is 0.762 bits per heavy atom. The number of phenols is 1. The van der Waals surface area contributed by atoms with Crippen molar-refractivity contribution in [2.45, 2.75) is 52.4 Å². The van der Waals surface area contributed by atoms with E-state index in [0.29, 0.717) is 22.7 Å². The number of fused-ring (bicyclic) bond motifs is 2. The Morgan fingerprint density at radius 2 is 1.50 bits per heavy atom. The molecule has 0 fully saturated rings. The van der Waals surface area contributed by atoms with Gasteiger partial charge in [-0.3, -0.25) is 9.98 Å². The topological polar surface area (TPSA) is 71.5 Å². The van der Waals surface area contributed by atoms with Gasteiger partial charge in [0.2, 0.25) is 5.89 Å². The standard InChI is InChI=1S/C37H35N3O2/c1-36(2,3)24-20-23(34(41)29(21-24)37(4,5)6)22-39-31-16-10-8-13-28(31)35-40-33-27(14-11-17-32(33)42-35)25-18-19-38-30-15-9-7-12-26(25)30/h7-22,41H,1-6H3. The van der Waals surface area contributed by atoms with Gasteiger partial charge in [0.25, 0.3) is 0 Å². The van der Waals surface area contributed by atoms with Crippen LogP contribution >= 0.6 is 0 Å². The highest BCUT2D eigenvalue weighted by atomic mass is 16.3. The van der Waals surface area contributed by atoms with E-state index in [4.69, 9.17) is 14.4 Å². The zero-order valence-electron chi connectivity index (χ0n) is 24.9. The number of phenolic OH excluding ortho intramolecular Hbond substituents is 1. The lowest BCUT2D eigenvalue weighted by Crippen LogP contribution is -2.17. The van der Waals surface area contributed by atoms with Crippen molar-refractivity contribution >= 4 is 33.9 Å². The van der Waals surface area contributed by atoms with Crippen LogP contribution in [-0.4, -0.2) is 21.3 Å². The molecule has 210 valence electrons. The predicted molar refractivity (Wildman–Crippen MR) is 173 cm³/mol. The molecule has 42 heavy (non-hydrogen) atoms. The monoisotopic (exact) mass is 553 g/mol. The van der Waals surface area contributed by atoms with Crippen LogP contribution in [0.4, 0.5) is 5.69 Å². The van der Waals surface area contributed by atoms with Crippen LogP contribution in [-0.2, 0) is 10.8 Å². The first-order valence-corrected chi connectivity index (χ1v) is 14.3. The van der Waals surface area contributed by atoms with Gasteiger partial charge < -0.3 is 9.52 Å². The molecule has 2 heterocycles. The Hall–Kier alpha value is -4.77. The van der Waals surface area contributed by atoms with Crippen LogP contribution in [0.15, 0.2) is 101 Å². The predicted octanol–water partition coefficient (Wildman–Crippen LogP) is 9.76. The second-order valence-electron chi connectivity index (χ2n) is 12.8. The van der Waals surface area contributed by atoms with E-state index in [1.807, 2.05) is 72.9 Å². The highest BCUT2D eigenvalue weighted by Crippen LogP contribution is 2.39. The first kappa shape index (κ1) is 27.4. The number of nitrogens with zero attached hydrogens (tertiary/aromatic N) is 3. The Bertz CT molecular complexity index is 1960. The van der Waals surface area contributed by atoms with E-state index in [1.54, 1.807) is 6.21 Å². The van der Waals surface area contributed by atoms with Crippen molar-refractivity contribution in [1.82, 2.24) is 9.97 Å².